The Bertz CT molecular complexity index is 672. The van der Waals surface area contributed by atoms with E-state index in [1.54, 1.807) is 0 Å². The maximum Gasteiger partial charge on any atom is 0.354 e. The normalized spacial score (nSPS) is 10.1. The van der Waals surface area contributed by atoms with Crippen molar-refractivity contribution in [3.05, 3.63) is 56.8 Å². The molecule has 0 saturated carbocycles. The fourth-order valence-electron chi connectivity index (χ4n) is 1.38. The van der Waals surface area contributed by atoms with Crippen molar-refractivity contribution in [1.82, 2.24) is 4.98 Å². The van der Waals surface area contributed by atoms with Crippen LogP contribution >= 0.6 is 15.9 Å². The molecule has 20 heavy (non-hydrogen) atoms. The summed E-state index contributed by atoms with van der Waals surface area (Å²) < 4.78 is 5.86. The van der Waals surface area contributed by atoms with Gasteiger partial charge in [-0.05, 0) is 34.1 Å². The topological polar surface area (TPSA) is 103 Å². The molecule has 0 aliphatic heterocycles. The third-order valence-corrected chi connectivity index (χ3v) is 2.93. The van der Waals surface area contributed by atoms with Crippen molar-refractivity contribution in [2.24, 2.45) is 0 Å². The number of hydrogen-bond donors (Lipinski definition) is 1. The van der Waals surface area contributed by atoms with Crippen LogP contribution in [0.25, 0.3) is 0 Å². The van der Waals surface area contributed by atoms with Crippen molar-refractivity contribution in [2.45, 2.75) is 0 Å². The summed E-state index contributed by atoms with van der Waals surface area (Å²) in [5, 5.41) is 19.3. The van der Waals surface area contributed by atoms with Crippen LogP contribution in [-0.4, -0.2) is 21.0 Å². The molecule has 7 nitrogen and oxygen atoms in total. The fraction of sp³-hybridized carbons (Fsp3) is 0. The highest BCUT2D eigenvalue weighted by atomic mass is 79.9. The summed E-state index contributed by atoms with van der Waals surface area (Å²) in [7, 11) is 0. The molecule has 0 saturated heterocycles. The van der Waals surface area contributed by atoms with Crippen molar-refractivity contribution in [3.63, 3.8) is 0 Å². The summed E-state index contributed by atoms with van der Waals surface area (Å²) in [5.74, 6) is -0.446. The Morgan fingerprint density at radius 1 is 1.35 bits per heavy atom. The van der Waals surface area contributed by atoms with Crippen molar-refractivity contribution in [1.29, 1.82) is 0 Å². The van der Waals surface area contributed by atoms with Crippen molar-refractivity contribution < 1.29 is 19.6 Å². The molecular formula is C12H7BrN2O5. The van der Waals surface area contributed by atoms with E-state index in [-0.39, 0.29) is 11.4 Å². The molecule has 0 spiro atoms. The maximum absolute atomic E-state index is 10.7. The van der Waals surface area contributed by atoms with Gasteiger partial charge in [-0.3, -0.25) is 10.1 Å². The Morgan fingerprint density at radius 3 is 2.60 bits per heavy atom. The molecule has 0 aliphatic carbocycles. The highest BCUT2D eigenvalue weighted by molar-refractivity contribution is 9.10. The van der Waals surface area contributed by atoms with E-state index in [9.17, 15) is 14.9 Å². The van der Waals surface area contributed by atoms with Gasteiger partial charge in [-0.15, -0.1) is 0 Å². The average Bonchev–Trinajstić information content (AvgIpc) is 2.41. The van der Waals surface area contributed by atoms with Crippen molar-refractivity contribution >= 4 is 27.6 Å². The van der Waals surface area contributed by atoms with Gasteiger partial charge in [-0.25, -0.2) is 9.78 Å². The van der Waals surface area contributed by atoms with Gasteiger partial charge in [0.05, 0.1) is 15.6 Å². The maximum atomic E-state index is 10.7. The van der Waals surface area contributed by atoms with Crippen LogP contribution in [0.1, 0.15) is 10.5 Å². The average molecular weight is 339 g/mol. The van der Waals surface area contributed by atoms with Crippen LogP contribution in [-0.2, 0) is 0 Å². The first-order chi connectivity index (χ1) is 9.47. The second-order valence-electron chi connectivity index (χ2n) is 3.66. The van der Waals surface area contributed by atoms with E-state index in [1.807, 2.05) is 0 Å². The van der Waals surface area contributed by atoms with Gasteiger partial charge in [0.25, 0.3) is 5.69 Å². The first kappa shape index (κ1) is 13.9. The van der Waals surface area contributed by atoms with E-state index in [0.717, 1.165) is 0 Å². The van der Waals surface area contributed by atoms with Crippen molar-refractivity contribution in [3.8, 4) is 11.5 Å². The van der Waals surface area contributed by atoms with Gasteiger partial charge in [0.15, 0.2) is 0 Å². The molecule has 0 fully saturated rings. The van der Waals surface area contributed by atoms with E-state index >= 15 is 0 Å². The molecule has 0 unspecified atom stereocenters. The summed E-state index contributed by atoms with van der Waals surface area (Å²) in [4.78, 5) is 24.4. The molecule has 1 heterocycles. The van der Waals surface area contributed by atoms with Crippen LogP contribution in [0, 0.1) is 10.1 Å². The van der Waals surface area contributed by atoms with Gasteiger partial charge < -0.3 is 9.84 Å². The second kappa shape index (κ2) is 5.66. The zero-order valence-corrected chi connectivity index (χ0v) is 11.4. The molecule has 0 aliphatic rings. The lowest BCUT2D eigenvalue weighted by Gasteiger charge is -2.07. The number of pyridine rings is 1. The number of ether oxygens (including phenoxy) is 1. The molecule has 2 rings (SSSR count). The summed E-state index contributed by atoms with van der Waals surface area (Å²) in [6.45, 7) is 0. The largest absolute Gasteiger partial charge is 0.477 e. The number of carboxylic acids is 1. The monoisotopic (exact) mass is 338 g/mol. The van der Waals surface area contributed by atoms with Gasteiger partial charge in [-0.1, -0.05) is 0 Å². The quantitative estimate of drug-likeness (QED) is 0.678. The Hall–Kier alpha value is -2.48. The van der Waals surface area contributed by atoms with E-state index in [1.165, 1.54) is 36.5 Å². The highest BCUT2D eigenvalue weighted by Crippen LogP contribution is 2.32. The molecule has 0 atom stereocenters. The number of hydrogen-bond acceptors (Lipinski definition) is 5. The predicted molar refractivity (Wildman–Crippen MR) is 72.1 cm³/mol. The molecule has 1 aromatic carbocycles. The summed E-state index contributed by atoms with van der Waals surface area (Å²) in [5.41, 5.74) is -0.163. The molecule has 0 bridgehead atoms. The highest BCUT2D eigenvalue weighted by Gasteiger charge is 2.11. The predicted octanol–water partition coefficient (Wildman–Crippen LogP) is 3.24. The number of non-ortho nitro benzene ring substituents is 1. The summed E-state index contributed by atoms with van der Waals surface area (Å²) in [6.07, 6.45) is 1.26. The number of carbonyl (C=O) groups is 1. The first-order valence-electron chi connectivity index (χ1n) is 5.28. The van der Waals surface area contributed by atoms with Gasteiger partial charge in [0, 0.05) is 12.1 Å². The standard InChI is InChI=1S/C12H7BrN2O5/c13-9-5-7(15(18)19)1-4-11(9)20-8-2-3-10(12(16)17)14-6-8/h1-6H,(H,16,17). The van der Waals surface area contributed by atoms with Gasteiger partial charge in [0.2, 0.25) is 0 Å². The number of rotatable bonds is 4. The summed E-state index contributed by atoms with van der Waals surface area (Å²) in [6, 6.07) is 6.81. The van der Waals surface area contributed by atoms with Gasteiger partial charge in [0.1, 0.15) is 17.2 Å². The lowest BCUT2D eigenvalue weighted by molar-refractivity contribution is -0.384. The fourth-order valence-corrected chi connectivity index (χ4v) is 1.83. The molecule has 2 aromatic rings. The van der Waals surface area contributed by atoms with E-state index < -0.39 is 10.9 Å². The SMILES string of the molecule is O=C(O)c1ccc(Oc2ccc([N+](=O)[O-])cc2Br)cn1. The molecule has 8 heteroatoms. The molecule has 0 amide bonds. The minimum atomic E-state index is -1.13. The number of nitro groups is 1. The number of halogens is 1. The number of nitro benzene ring substituents is 1. The minimum absolute atomic E-state index is 0.0661. The number of aromatic carboxylic acids is 1. The molecule has 0 radical (unpaired) electrons. The first-order valence-corrected chi connectivity index (χ1v) is 6.08. The van der Waals surface area contributed by atoms with Crippen LogP contribution < -0.4 is 4.74 Å². The van der Waals surface area contributed by atoms with Crippen molar-refractivity contribution in [2.75, 3.05) is 0 Å². The Labute approximate surface area is 121 Å². The lowest BCUT2D eigenvalue weighted by atomic mass is 10.3. The Kier molecular flexibility index (Phi) is 3.94. The zero-order chi connectivity index (χ0) is 14.7. The number of aromatic nitrogens is 1. The van der Waals surface area contributed by atoms with Crippen LogP contribution in [0.3, 0.4) is 0 Å². The van der Waals surface area contributed by atoms with E-state index in [4.69, 9.17) is 9.84 Å². The Balaban J connectivity index is 2.21. The minimum Gasteiger partial charge on any atom is -0.477 e. The van der Waals surface area contributed by atoms with Gasteiger partial charge >= 0.3 is 5.97 Å². The zero-order valence-electron chi connectivity index (χ0n) is 9.82. The molecule has 1 aromatic heterocycles. The third-order valence-electron chi connectivity index (χ3n) is 2.31. The smallest absolute Gasteiger partial charge is 0.354 e. The molecule has 102 valence electrons. The number of benzene rings is 1. The second-order valence-corrected chi connectivity index (χ2v) is 4.51. The van der Waals surface area contributed by atoms with Crippen LogP contribution in [0.15, 0.2) is 41.0 Å². The molecule has 1 N–H and O–H groups in total. The van der Waals surface area contributed by atoms with E-state index in [0.29, 0.717) is 16.0 Å². The van der Waals surface area contributed by atoms with Crippen LogP contribution in [0.5, 0.6) is 11.5 Å². The van der Waals surface area contributed by atoms with E-state index in [2.05, 4.69) is 20.9 Å². The number of carboxylic acid groups (broad SMARTS) is 1. The van der Waals surface area contributed by atoms with Crippen LogP contribution in [0.4, 0.5) is 5.69 Å². The molecular weight excluding hydrogens is 332 g/mol. The third kappa shape index (κ3) is 3.09. The summed E-state index contributed by atoms with van der Waals surface area (Å²) >= 11 is 3.17. The van der Waals surface area contributed by atoms with Crippen LogP contribution in [0.2, 0.25) is 0 Å². The number of nitrogens with zero attached hydrogens (tertiary/aromatic N) is 2. The Morgan fingerprint density at radius 2 is 2.10 bits per heavy atom. The lowest BCUT2D eigenvalue weighted by Crippen LogP contribution is -1.99. The van der Waals surface area contributed by atoms with Gasteiger partial charge in [-0.2, -0.15) is 0 Å².